The second-order valence-electron chi connectivity index (χ2n) is 27.8. The minimum Gasteiger partial charge on any atom is -0.462 e. The van der Waals surface area contributed by atoms with E-state index in [1.165, 1.54) is 154 Å². The van der Waals surface area contributed by atoms with Crippen LogP contribution in [0.5, 0.6) is 0 Å². The number of esters is 4. The number of unbranched alkanes of at least 4 members (excludes halogenated alkanes) is 34. The highest BCUT2D eigenvalue weighted by Gasteiger charge is 2.30. The molecule has 546 valence electrons. The van der Waals surface area contributed by atoms with Gasteiger partial charge in [-0.2, -0.15) is 0 Å². The molecule has 7 atom stereocenters. The summed E-state index contributed by atoms with van der Waals surface area (Å²) in [5.74, 6) is 0.870. The number of aliphatic hydroxyl groups is 1. The van der Waals surface area contributed by atoms with Crippen molar-refractivity contribution in [2.24, 2.45) is 23.7 Å². The van der Waals surface area contributed by atoms with Crippen LogP contribution in [0.25, 0.3) is 0 Å². The van der Waals surface area contributed by atoms with E-state index in [1.807, 2.05) is 0 Å². The van der Waals surface area contributed by atoms with Crippen LogP contribution >= 0.6 is 15.6 Å². The van der Waals surface area contributed by atoms with E-state index in [0.29, 0.717) is 25.7 Å². The Morgan fingerprint density at radius 3 is 0.772 bits per heavy atom. The minimum absolute atomic E-state index is 0.103. The maximum atomic E-state index is 13.0. The molecule has 0 aromatic rings. The molecule has 0 spiro atoms. The molecule has 19 heteroatoms. The molecule has 0 saturated carbocycles. The number of aliphatic hydroxyl groups excluding tert-OH is 1. The first-order chi connectivity index (χ1) is 44.2. The van der Waals surface area contributed by atoms with Crippen LogP contribution in [-0.2, 0) is 65.4 Å². The highest BCUT2D eigenvalue weighted by Crippen LogP contribution is 2.45. The van der Waals surface area contributed by atoms with Gasteiger partial charge in [0, 0.05) is 25.7 Å². The lowest BCUT2D eigenvalue weighted by atomic mass is 10.00. The molecule has 0 bridgehead atoms. The van der Waals surface area contributed by atoms with Crippen LogP contribution in [0.2, 0.25) is 0 Å². The SMILES string of the molecule is CCC(C)CCCCCCCCC(=O)OC[C@H](COP(=O)(O)OC[C@@H](O)COP(=O)(O)OC[C@@H](COC(=O)CCCCCCCCC(C)CC)OC(=O)CCCCCCCCCCC(C)C)OC(=O)CCCCCCCCCCCCCCCCCCCCC(C)C. The Labute approximate surface area is 562 Å². The number of phosphoric ester groups is 2. The van der Waals surface area contributed by atoms with Crippen molar-refractivity contribution >= 4 is 39.5 Å². The van der Waals surface area contributed by atoms with Crippen molar-refractivity contribution in [3.05, 3.63) is 0 Å². The van der Waals surface area contributed by atoms with E-state index in [1.54, 1.807) is 0 Å². The third-order valence-electron chi connectivity index (χ3n) is 17.5. The average Bonchev–Trinajstić information content (AvgIpc) is 1.63. The lowest BCUT2D eigenvalue weighted by Crippen LogP contribution is -2.30. The van der Waals surface area contributed by atoms with Crippen LogP contribution in [0.15, 0.2) is 0 Å². The van der Waals surface area contributed by atoms with Gasteiger partial charge in [0.25, 0.3) is 0 Å². The molecule has 4 unspecified atom stereocenters. The molecule has 0 aliphatic carbocycles. The van der Waals surface area contributed by atoms with Gasteiger partial charge in [0.05, 0.1) is 26.4 Å². The number of hydrogen-bond donors (Lipinski definition) is 3. The van der Waals surface area contributed by atoms with Crippen molar-refractivity contribution in [3.8, 4) is 0 Å². The van der Waals surface area contributed by atoms with Gasteiger partial charge in [-0.05, 0) is 49.4 Å². The zero-order valence-electron chi connectivity index (χ0n) is 60.2. The zero-order chi connectivity index (χ0) is 68.2. The number of hydrogen-bond acceptors (Lipinski definition) is 15. The van der Waals surface area contributed by atoms with Gasteiger partial charge in [-0.25, -0.2) is 9.13 Å². The fourth-order valence-corrected chi connectivity index (χ4v) is 12.5. The Kier molecular flexibility index (Phi) is 61.3. The fraction of sp³-hybridized carbons (Fsp3) is 0.945. The second-order valence-corrected chi connectivity index (χ2v) is 30.7. The molecule has 0 saturated heterocycles. The van der Waals surface area contributed by atoms with Gasteiger partial charge >= 0.3 is 39.5 Å². The number of rotatable bonds is 70. The van der Waals surface area contributed by atoms with Gasteiger partial charge in [0.15, 0.2) is 12.2 Å². The molecule has 0 aliphatic rings. The van der Waals surface area contributed by atoms with Crippen molar-refractivity contribution in [1.82, 2.24) is 0 Å². The van der Waals surface area contributed by atoms with Crippen molar-refractivity contribution in [3.63, 3.8) is 0 Å². The fourth-order valence-electron chi connectivity index (χ4n) is 11.0. The van der Waals surface area contributed by atoms with Gasteiger partial charge in [0.1, 0.15) is 19.3 Å². The second kappa shape index (κ2) is 62.6. The Hall–Kier alpha value is -1.94. The maximum absolute atomic E-state index is 13.0. The normalized spacial score (nSPS) is 14.8. The molecular weight excluding hydrogens is 1210 g/mol. The first-order valence-corrected chi connectivity index (χ1v) is 40.8. The molecule has 0 aromatic heterocycles. The zero-order valence-corrected chi connectivity index (χ0v) is 62.0. The third kappa shape index (κ3) is 64.1. The summed E-state index contributed by atoms with van der Waals surface area (Å²) in [4.78, 5) is 72.6. The molecule has 0 aromatic carbocycles. The molecule has 0 rings (SSSR count). The van der Waals surface area contributed by atoms with Crippen LogP contribution in [-0.4, -0.2) is 96.7 Å². The van der Waals surface area contributed by atoms with Gasteiger partial charge in [-0.15, -0.1) is 0 Å². The van der Waals surface area contributed by atoms with Crippen LogP contribution in [0, 0.1) is 23.7 Å². The molecule has 17 nitrogen and oxygen atoms in total. The maximum Gasteiger partial charge on any atom is 0.472 e. The summed E-state index contributed by atoms with van der Waals surface area (Å²) < 4.78 is 68.3. The van der Waals surface area contributed by atoms with Crippen LogP contribution < -0.4 is 0 Å². The van der Waals surface area contributed by atoms with E-state index in [4.69, 9.17) is 37.0 Å². The van der Waals surface area contributed by atoms with E-state index in [9.17, 15) is 43.2 Å². The molecule has 0 amide bonds. The monoisotopic (exact) mass is 1350 g/mol. The summed E-state index contributed by atoms with van der Waals surface area (Å²) in [7, 11) is -9.91. The summed E-state index contributed by atoms with van der Waals surface area (Å²) in [5, 5.41) is 10.6. The molecule has 92 heavy (non-hydrogen) atoms. The van der Waals surface area contributed by atoms with E-state index >= 15 is 0 Å². The number of carbonyl (C=O) groups is 4. The van der Waals surface area contributed by atoms with Crippen LogP contribution in [0.1, 0.15) is 364 Å². The highest BCUT2D eigenvalue weighted by molar-refractivity contribution is 7.47. The Morgan fingerprint density at radius 2 is 0.522 bits per heavy atom. The van der Waals surface area contributed by atoms with Crippen LogP contribution in [0.4, 0.5) is 0 Å². The lowest BCUT2D eigenvalue weighted by molar-refractivity contribution is -0.161. The third-order valence-corrected chi connectivity index (χ3v) is 19.4. The molecule has 0 fully saturated rings. The van der Waals surface area contributed by atoms with E-state index < -0.39 is 97.5 Å². The molecule has 0 aliphatic heterocycles. The largest absolute Gasteiger partial charge is 0.472 e. The molecule has 0 radical (unpaired) electrons. The number of ether oxygens (including phenoxy) is 4. The first kappa shape index (κ1) is 90.1. The van der Waals surface area contributed by atoms with Gasteiger partial charge < -0.3 is 33.8 Å². The van der Waals surface area contributed by atoms with Crippen molar-refractivity contribution in [2.75, 3.05) is 39.6 Å². The molecule has 3 N–H and O–H groups in total. The lowest BCUT2D eigenvalue weighted by Gasteiger charge is -2.21. The van der Waals surface area contributed by atoms with Crippen molar-refractivity contribution in [2.45, 2.75) is 382 Å². The Bertz CT molecular complexity index is 1820. The Morgan fingerprint density at radius 1 is 0.304 bits per heavy atom. The summed E-state index contributed by atoms with van der Waals surface area (Å²) in [6.45, 7) is 14.1. The average molecular weight is 1350 g/mol. The number of phosphoric acid groups is 2. The number of carbonyl (C=O) groups excluding carboxylic acids is 4. The topological polar surface area (TPSA) is 237 Å². The van der Waals surface area contributed by atoms with Crippen LogP contribution in [0.3, 0.4) is 0 Å². The summed E-state index contributed by atoms with van der Waals surface area (Å²) in [6.07, 6.45) is 46.1. The van der Waals surface area contributed by atoms with E-state index in [-0.39, 0.29) is 25.7 Å². The first-order valence-electron chi connectivity index (χ1n) is 37.8. The highest BCUT2D eigenvalue weighted by atomic mass is 31.2. The predicted octanol–water partition coefficient (Wildman–Crippen LogP) is 20.9. The minimum atomic E-state index is -4.95. The summed E-state index contributed by atoms with van der Waals surface area (Å²) in [6, 6.07) is 0. The molecule has 0 heterocycles. The van der Waals surface area contributed by atoms with Gasteiger partial charge in [-0.3, -0.25) is 37.3 Å². The van der Waals surface area contributed by atoms with E-state index in [2.05, 4.69) is 55.4 Å². The quantitative estimate of drug-likeness (QED) is 0.0222. The van der Waals surface area contributed by atoms with Crippen molar-refractivity contribution in [1.29, 1.82) is 0 Å². The van der Waals surface area contributed by atoms with Gasteiger partial charge in [-0.1, -0.05) is 312 Å². The summed E-state index contributed by atoms with van der Waals surface area (Å²) in [5.41, 5.74) is 0. The van der Waals surface area contributed by atoms with Crippen molar-refractivity contribution < 1.29 is 80.2 Å². The standard InChI is InChI=1S/C73H142O17P2/c1-9-65(7)51-43-35-29-31-37-45-53-70(75)83-59-68(89-72(77)55-47-39-27-22-20-18-16-14-12-11-13-15-17-19-21-25-33-41-49-63(3)4)61-87-91(79,80)85-57-67(74)58-86-92(81,82)88-62-69(60-84-71(76)54-46-38-32-30-36-44-52-66(8)10-2)90-73(78)56-48-40-28-24-23-26-34-42-50-64(5)6/h63-69,74H,9-62H2,1-8H3,(H,79,80)(H,81,82)/t65?,66?,67-,68-,69-/m1/s1. The summed E-state index contributed by atoms with van der Waals surface area (Å²) >= 11 is 0. The smallest absolute Gasteiger partial charge is 0.462 e. The molecular formula is C73H142O17P2. The van der Waals surface area contributed by atoms with Gasteiger partial charge in [0.2, 0.25) is 0 Å². The van der Waals surface area contributed by atoms with E-state index in [0.717, 1.165) is 126 Å². The predicted molar refractivity (Wildman–Crippen MR) is 372 cm³/mol. The Balaban J connectivity index is 5.18.